The molecule has 2 aromatic heterocycles. The lowest BCUT2D eigenvalue weighted by molar-refractivity contribution is -0.274. The minimum atomic E-state index is -4.73. The van der Waals surface area contributed by atoms with Crippen LogP contribution in [0, 0.1) is 5.92 Å². The minimum Gasteiger partial charge on any atom is -0.455 e. The average molecular weight is 445 g/mol. The molecule has 1 saturated carbocycles. The summed E-state index contributed by atoms with van der Waals surface area (Å²) in [7, 11) is 0. The number of nitrogens with zero attached hydrogens (tertiary/aromatic N) is 1. The molecule has 0 amide bonds. The van der Waals surface area contributed by atoms with Crippen molar-refractivity contribution in [3.63, 3.8) is 0 Å². The Morgan fingerprint density at radius 3 is 2.34 bits per heavy atom. The first-order valence-corrected chi connectivity index (χ1v) is 10.9. The van der Waals surface area contributed by atoms with Crippen molar-refractivity contribution in [2.75, 3.05) is 6.54 Å². The number of H-pyrrole nitrogens is 2. The molecule has 8 heteroatoms. The number of aromatic amines is 2. The van der Waals surface area contributed by atoms with Crippen LogP contribution in [0.3, 0.4) is 0 Å². The highest BCUT2D eigenvalue weighted by molar-refractivity contribution is 5.84. The number of alkyl halides is 3. The zero-order valence-corrected chi connectivity index (χ0v) is 17.6. The maximum atomic E-state index is 12.4. The lowest BCUT2D eigenvalue weighted by Gasteiger charge is -2.10. The second kappa shape index (κ2) is 9.97. The zero-order valence-electron chi connectivity index (χ0n) is 17.6. The highest BCUT2D eigenvalue weighted by atomic mass is 19.4. The van der Waals surface area contributed by atoms with Gasteiger partial charge >= 0.3 is 6.36 Å². The number of ether oxygens (including phenoxy) is 2. The average Bonchev–Trinajstić information content (AvgIpc) is 3.34. The number of halogens is 3. The van der Waals surface area contributed by atoms with Crippen LogP contribution in [0.2, 0.25) is 0 Å². The van der Waals surface area contributed by atoms with E-state index in [2.05, 4.69) is 19.7 Å². The summed E-state index contributed by atoms with van der Waals surface area (Å²) >= 11 is 0. The summed E-state index contributed by atoms with van der Waals surface area (Å²) in [5, 5.41) is 0. The second-order valence-corrected chi connectivity index (χ2v) is 8.02. The summed E-state index contributed by atoms with van der Waals surface area (Å²) in [6, 6.07) is 11.0. The van der Waals surface area contributed by atoms with Crippen LogP contribution in [0.15, 0.2) is 53.7 Å². The van der Waals surface area contributed by atoms with Gasteiger partial charge in [0.05, 0.1) is 11.4 Å². The predicted molar refractivity (Wildman–Crippen MR) is 117 cm³/mol. The van der Waals surface area contributed by atoms with E-state index in [-0.39, 0.29) is 5.75 Å². The third-order valence-corrected chi connectivity index (χ3v) is 5.54. The third-order valence-electron chi connectivity index (χ3n) is 5.54. The van der Waals surface area contributed by atoms with E-state index in [0.29, 0.717) is 23.1 Å². The van der Waals surface area contributed by atoms with Crippen molar-refractivity contribution in [3.8, 4) is 28.6 Å². The maximum Gasteiger partial charge on any atom is 0.573 e. The third kappa shape index (κ3) is 6.18. The Bertz CT molecular complexity index is 1000. The van der Waals surface area contributed by atoms with Crippen LogP contribution in [0.5, 0.6) is 17.2 Å². The van der Waals surface area contributed by atoms with Crippen molar-refractivity contribution in [2.45, 2.75) is 44.9 Å². The largest absolute Gasteiger partial charge is 0.573 e. The second-order valence-electron chi connectivity index (χ2n) is 8.02. The lowest BCUT2D eigenvalue weighted by Crippen LogP contribution is -2.16. The van der Waals surface area contributed by atoms with Crippen LogP contribution in [-0.4, -0.2) is 29.1 Å². The number of rotatable bonds is 7. The molecule has 2 heterocycles. The molecule has 170 valence electrons. The number of aliphatic imine (C=N–C) groups is 1. The standard InChI is InChI=1S/C24H26F3N3O2/c25-24(26,27)32-19-11-9-18(10-12-19)31-23-14-21(20-8-5-13-29-20)30-22(23)16-28-15-17-6-3-1-2-4-7-17/h5,8-14,16-17,29-30H,1-4,6-7,15H2. The molecular weight excluding hydrogens is 419 g/mol. The van der Waals surface area contributed by atoms with Gasteiger partial charge in [0.2, 0.25) is 0 Å². The van der Waals surface area contributed by atoms with Crippen LogP contribution in [-0.2, 0) is 0 Å². The molecular formula is C24H26F3N3O2. The number of aromatic nitrogens is 2. The van der Waals surface area contributed by atoms with Gasteiger partial charge in [0.25, 0.3) is 0 Å². The van der Waals surface area contributed by atoms with E-state index in [4.69, 9.17) is 4.74 Å². The Hall–Kier alpha value is -3.16. The Balaban J connectivity index is 1.50. The van der Waals surface area contributed by atoms with Crippen molar-refractivity contribution in [1.82, 2.24) is 9.97 Å². The highest BCUT2D eigenvalue weighted by Crippen LogP contribution is 2.32. The van der Waals surface area contributed by atoms with Crippen LogP contribution < -0.4 is 9.47 Å². The molecule has 0 unspecified atom stereocenters. The molecule has 1 aromatic carbocycles. The number of hydrogen-bond donors (Lipinski definition) is 2. The van der Waals surface area contributed by atoms with Gasteiger partial charge in [0.15, 0.2) is 5.75 Å². The minimum absolute atomic E-state index is 0.295. The summed E-state index contributed by atoms with van der Waals surface area (Å²) < 4.78 is 47.0. The molecule has 2 N–H and O–H groups in total. The fourth-order valence-corrected chi connectivity index (χ4v) is 3.95. The van der Waals surface area contributed by atoms with Crippen molar-refractivity contribution in [3.05, 3.63) is 54.4 Å². The summed E-state index contributed by atoms with van der Waals surface area (Å²) in [4.78, 5) is 11.1. The molecule has 0 bridgehead atoms. The molecule has 4 rings (SSSR count). The van der Waals surface area contributed by atoms with Gasteiger partial charge in [-0.25, -0.2) is 0 Å². The lowest BCUT2D eigenvalue weighted by atomic mass is 10.0. The molecule has 0 saturated heterocycles. The van der Waals surface area contributed by atoms with Crippen LogP contribution in [0.1, 0.15) is 44.2 Å². The van der Waals surface area contributed by atoms with Crippen molar-refractivity contribution < 1.29 is 22.6 Å². The number of benzene rings is 1. The summed E-state index contributed by atoms with van der Waals surface area (Å²) in [6.45, 7) is 0.778. The van der Waals surface area contributed by atoms with Gasteiger partial charge in [0.1, 0.15) is 17.2 Å². The monoisotopic (exact) mass is 445 g/mol. The molecule has 5 nitrogen and oxygen atoms in total. The first kappa shape index (κ1) is 22.0. The Labute approximate surface area is 184 Å². The number of nitrogens with one attached hydrogen (secondary N) is 2. The zero-order chi connectivity index (χ0) is 22.4. The van der Waals surface area contributed by atoms with E-state index < -0.39 is 6.36 Å². The topological polar surface area (TPSA) is 62.4 Å². The predicted octanol–water partition coefficient (Wildman–Crippen LogP) is 7.09. The summed E-state index contributed by atoms with van der Waals surface area (Å²) in [5.74, 6) is 1.26. The van der Waals surface area contributed by atoms with Crippen molar-refractivity contribution in [2.24, 2.45) is 10.9 Å². The SMILES string of the molecule is FC(F)(F)Oc1ccc(Oc2cc(-c3ccc[nH]3)[nH]c2C=NCC2CCCCCC2)cc1. The van der Waals surface area contributed by atoms with Gasteiger partial charge in [-0.05, 0) is 55.2 Å². The van der Waals surface area contributed by atoms with Crippen LogP contribution in [0.25, 0.3) is 11.4 Å². The van der Waals surface area contributed by atoms with E-state index >= 15 is 0 Å². The van der Waals surface area contributed by atoms with Crippen LogP contribution >= 0.6 is 0 Å². The van der Waals surface area contributed by atoms with E-state index in [1.54, 1.807) is 6.21 Å². The van der Waals surface area contributed by atoms with E-state index in [0.717, 1.165) is 17.9 Å². The molecule has 1 aliphatic rings. The van der Waals surface area contributed by atoms with Gasteiger partial charge in [-0.3, -0.25) is 4.99 Å². The molecule has 0 radical (unpaired) electrons. The van der Waals surface area contributed by atoms with Crippen LogP contribution in [0.4, 0.5) is 13.2 Å². The fraction of sp³-hybridized carbons (Fsp3) is 0.375. The quantitative estimate of drug-likeness (QED) is 0.301. The Morgan fingerprint density at radius 1 is 0.969 bits per heavy atom. The molecule has 3 aromatic rings. The van der Waals surface area contributed by atoms with Gasteiger partial charge in [0, 0.05) is 25.0 Å². The van der Waals surface area contributed by atoms with Gasteiger partial charge < -0.3 is 19.4 Å². The van der Waals surface area contributed by atoms with Gasteiger partial charge in [-0.2, -0.15) is 0 Å². The molecule has 0 aliphatic heterocycles. The molecule has 32 heavy (non-hydrogen) atoms. The molecule has 0 atom stereocenters. The maximum absolute atomic E-state index is 12.4. The number of hydrogen-bond acceptors (Lipinski definition) is 3. The first-order chi connectivity index (χ1) is 15.5. The fourth-order valence-electron chi connectivity index (χ4n) is 3.95. The van der Waals surface area contributed by atoms with Gasteiger partial charge in [-0.1, -0.05) is 25.7 Å². The van der Waals surface area contributed by atoms with E-state index in [1.165, 1.54) is 62.8 Å². The van der Waals surface area contributed by atoms with E-state index in [1.807, 2.05) is 24.4 Å². The van der Waals surface area contributed by atoms with Gasteiger partial charge in [-0.15, -0.1) is 13.2 Å². The Kier molecular flexibility index (Phi) is 6.87. The summed E-state index contributed by atoms with van der Waals surface area (Å²) in [6.07, 6.45) is 6.46. The highest BCUT2D eigenvalue weighted by Gasteiger charge is 2.31. The normalized spacial score (nSPS) is 15.7. The Morgan fingerprint density at radius 2 is 1.69 bits per heavy atom. The molecule has 1 aliphatic carbocycles. The first-order valence-electron chi connectivity index (χ1n) is 10.9. The molecule has 0 spiro atoms. The van der Waals surface area contributed by atoms with E-state index in [9.17, 15) is 13.2 Å². The van der Waals surface area contributed by atoms with Crippen molar-refractivity contribution in [1.29, 1.82) is 0 Å². The molecule has 1 fully saturated rings. The van der Waals surface area contributed by atoms with Crippen molar-refractivity contribution >= 4 is 6.21 Å². The smallest absolute Gasteiger partial charge is 0.455 e. The summed E-state index contributed by atoms with van der Waals surface area (Å²) in [5.41, 5.74) is 2.43.